The lowest BCUT2D eigenvalue weighted by Gasteiger charge is -2.37. The molecule has 0 bridgehead atoms. The number of carbonyl (C=O) groups excluding carboxylic acids is 1. The van der Waals surface area contributed by atoms with E-state index in [1.54, 1.807) is 0 Å². The second-order valence-corrected chi connectivity index (χ2v) is 7.87. The summed E-state index contributed by atoms with van der Waals surface area (Å²) in [4.78, 5) is 14.4. The molecule has 1 atom stereocenters. The third-order valence-electron chi connectivity index (χ3n) is 4.33. The van der Waals surface area contributed by atoms with Crippen molar-refractivity contribution in [3.05, 3.63) is 34.9 Å². The van der Waals surface area contributed by atoms with E-state index in [1.165, 1.54) is 5.56 Å². The lowest BCUT2D eigenvalue weighted by Crippen LogP contribution is -2.46. The number of nitrogens with zero attached hydrogens (tertiary/aromatic N) is 1. The maximum atomic E-state index is 11.9. The van der Waals surface area contributed by atoms with Crippen molar-refractivity contribution >= 4 is 17.7 Å². The fourth-order valence-corrected chi connectivity index (χ4v) is 3.35. The zero-order chi connectivity index (χ0) is 17.7. The molecule has 1 unspecified atom stereocenters. The number of benzene rings is 1. The second kappa shape index (κ2) is 8.21. The maximum absolute atomic E-state index is 11.9. The summed E-state index contributed by atoms with van der Waals surface area (Å²) in [7, 11) is 0. The molecule has 4 nitrogen and oxygen atoms in total. The van der Waals surface area contributed by atoms with E-state index in [0.29, 0.717) is 6.04 Å². The van der Waals surface area contributed by atoms with Crippen molar-refractivity contribution in [3.8, 4) is 0 Å². The van der Waals surface area contributed by atoms with Gasteiger partial charge in [-0.1, -0.05) is 30.7 Å². The number of piperidine rings is 1. The van der Waals surface area contributed by atoms with E-state index in [2.05, 4.69) is 29.3 Å². The molecule has 1 amide bonds. The number of halogens is 1. The van der Waals surface area contributed by atoms with Crippen LogP contribution in [-0.4, -0.2) is 35.7 Å². The number of nitrogens with one attached hydrogen (secondary N) is 1. The Morgan fingerprint density at radius 2 is 1.88 bits per heavy atom. The third-order valence-corrected chi connectivity index (χ3v) is 4.58. The Morgan fingerprint density at radius 1 is 1.29 bits per heavy atom. The van der Waals surface area contributed by atoms with Gasteiger partial charge in [-0.05, 0) is 57.7 Å². The Balaban J connectivity index is 1.87. The summed E-state index contributed by atoms with van der Waals surface area (Å²) in [5, 5.41) is 3.77. The van der Waals surface area contributed by atoms with Gasteiger partial charge in [-0.2, -0.15) is 0 Å². The summed E-state index contributed by atoms with van der Waals surface area (Å²) in [6.45, 7) is 9.81. The van der Waals surface area contributed by atoms with Gasteiger partial charge in [0.2, 0.25) is 0 Å². The van der Waals surface area contributed by atoms with Crippen molar-refractivity contribution in [1.29, 1.82) is 0 Å². The molecule has 0 aromatic heterocycles. The van der Waals surface area contributed by atoms with Crippen LogP contribution in [0.2, 0.25) is 5.02 Å². The summed E-state index contributed by atoms with van der Waals surface area (Å²) < 4.78 is 5.34. The summed E-state index contributed by atoms with van der Waals surface area (Å²) in [6.07, 6.45) is 2.64. The highest BCUT2D eigenvalue weighted by molar-refractivity contribution is 6.30. The summed E-state index contributed by atoms with van der Waals surface area (Å²) in [6, 6.07) is 8.74. The summed E-state index contributed by atoms with van der Waals surface area (Å²) in [5.74, 6) is 0. The van der Waals surface area contributed by atoms with Crippen LogP contribution < -0.4 is 5.32 Å². The smallest absolute Gasteiger partial charge is 0.407 e. The van der Waals surface area contributed by atoms with Crippen LogP contribution in [-0.2, 0) is 4.74 Å². The number of alkyl carbamates (subject to hydrolysis) is 1. The first-order valence-corrected chi connectivity index (χ1v) is 9.15. The topological polar surface area (TPSA) is 41.6 Å². The monoisotopic (exact) mass is 352 g/mol. The predicted octanol–water partition coefficient (Wildman–Crippen LogP) is 4.78. The van der Waals surface area contributed by atoms with Gasteiger partial charge in [0.1, 0.15) is 5.60 Å². The highest BCUT2D eigenvalue weighted by Crippen LogP contribution is 2.28. The Kier molecular flexibility index (Phi) is 6.53. The van der Waals surface area contributed by atoms with Crippen molar-refractivity contribution in [2.45, 2.75) is 64.6 Å². The first kappa shape index (κ1) is 19.1. The number of hydrogen-bond acceptors (Lipinski definition) is 3. The van der Waals surface area contributed by atoms with Crippen LogP contribution in [0.3, 0.4) is 0 Å². The lowest BCUT2D eigenvalue weighted by molar-refractivity contribution is 0.0466. The van der Waals surface area contributed by atoms with Crippen LogP contribution >= 0.6 is 11.6 Å². The SMILES string of the molecule is CCC(c1ccc(Cl)cc1)N1CCC(NC(=O)OC(C)(C)C)CC1. The molecule has 0 aliphatic carbocycles. The molecule has 0 spiro atoms. The number of likely N-dealkylation sites (tertiary alicyclic amines) is 1. The second-order valence-electron chi connectivity index (χ2n) is 7.43. The maximum Gasteiger partial charge on any atom is 0.407 e. The van der Waals surface area contributed by atoms with Crippen molar-refractivity contribution in [2.24, 2.45) is 0 Å². The van der Waals surface area contributed by atoms with Gasteiger partial charge >= 0.3 is 6.09 Å². The highest BCUT2D eigenvalue weighted by atomic mass is 35.5. The number of carbonyl (C=O) groups is 1. The van der Waals surface area contributed by atoms with Gasteiger partial charge in [-0.15, -0.1) is 0 Å². The molecule has 1 aliphatic heterocycles. The molecule has 1 aliphatic rings. The number of hydrogen-bond donors (Lipinski definition) is 1. The fourth-order valence-electron chi connectivity index (χ4n) is 3.22. The zero-order valence-electron chi connectivity index (χ0n) is 15.1. The van der Waals surface area contributed by atoms with Gasteiger partial charge < -0.3 is 10.1 Å². The van der Waals surface area contributed by atoms with Crippen molar-refractivity contribution in [2.75, 3.05) is 13.1 Å². The van der Waals surface area contributed by atoms with Crippen molar-refractivity contribution in [1.82, 2.24) is 10.2 Å². The van der Waals surface area contributed by atoms with E-state index in [-0.39, 0.29) is 12.1 Å². The quantitative estimate of drug-likeness (QED) is 0.847. The first-order chi connectivity index (χ1) is 11.3. The minimum Gasteiger partial charge on any atom is -0.444 e. The Labute approximate surface area is 150 Å². The molecule has 24 heavy (non-hydrogen) atoms. The average Bonchev–Trinajstić information content (AvgIpc) is 2.49. The van der Waals surface area contributed by atoms with Gasteiger partial charge in [0.25, 0.3) is 0 Å². The van der Waals surface area contributed by atoms with Gasteiger partial charge in [0.15, 0.2) is 0 Å². The first-order valence-electron chi connectivity index (χ1n) is 8.77. The predicted molar refractivity (Wildman–Crippen MR) is 98.4 cm³/mol. The molecular formula is C19H29ClN2O2. The molecule has 1 aromatic carbocycles. The van der Waals surface area contributed by atoms with Gasteiger partial charge in [-0.25, -0.2) is 4.79 Å². The number of rotatable bonds is 4. The molecule has 1 N–H and O–H groups in total. The third kappa shape index (κ3) is 5.67. The molecule has 1 heterocycles. The molecule has 2 rings (SSSR count). The van der Waals surface area contributed by atoms with Crippen LogP contribution in [0.4, 0.5) is 4.79 Å². The van der Waals surface area contributed by atoms with Crippen LogP contribution in [0.25, 0.3) is 0 Å². The van der Waals surface area contributed by atoms with E-state index < -0.39 is 5.60 Å². The van der Waals surface area contributed by atoms with Crippen molar-refractivity contribution in [3.63, 3.8) is 0 Å². The Bertz CT molecular complexity index is 531. The largest absolute Gasteiger partial charge is 0.444 e. The average molecular weight is 353 g/mol. The van der Waals surface area contributed by atoms with E-state index in [9.17, 15) is 4.79 Å². The molecule has 134 valence electrons. The van der Waals surface area contributed by atoms with E-state index in [4.69, 9.17) is 16.3 Å². The molecule has 1 aromatic rings. The van der Waals surface area contributed by atoms with Gasteiger partial charge in [0, 0.05) is 30.2 Å². The van der Waals surface area contributed by atoms with Crippen molar-refractivity contribution < 1.29 is 9.53 Å². The minimum atomic E-state index is -0.452. The van der Waals surface area contributed by atoms with Crippen LogP contribution in [0.15, 0.2) is 24.3 Å². The minimum absolute atomic E-state index is 0.193. The normalized spacial score (nSPS) is 18.2. The van der Waals surface area contributed by atoms with Gasteiger partial charge in [-0.3, -0.25) is 4.90 Å². The number of amides is 1. The van der Waals surface area contributed by atoms with Crippen LogP contribution in [0.5, 0.6) is 0 Å². The van der Waals surface area contributed by atoms with E-state index >= 15 is 0 Å². The standard InChI is InChI=1S/C19H29ClN2O2/c1-5-17(14-6-8-15(20)9-7-14)22-12-10-16(11-13-22)21-18(23)24-19(2,3)4/h6-9,16-17H,5,10-13H2,1-4H3,(H,21,23). The van der Waals surface area contributed by atoms with E-state index in [0.717, 1.165) is 37.4 Å². The zero-order valence-corrected chi connectivity index (χ0v) is 15.9. The number of ether oxygens (including phenoxy) is 1. The van der Waals surface area contributed by atoms with Crippen LogP contribution in [0, 0.1) is 0 Å². The fraction of sp³-hybridized carbons (Fsp3) is 0.632. The molecule has 0 radical (unpaired) electrons. The summed E-state index contributed by atoms with van der Waals surface area (Å²) >= 11 is 5.99. The highest BCUT2D eigenvalue weighted by Gasteiger charge is 2.27. The molecule has 1 saturated heterocycles. The van der Waals surface area contributed by atoms with E-state index in [1.807, 2.05) is 32.9 Å². The molecule has 5 heteroatoms. The molecular weight excluding hydrogens is 324 g/mol. The van der Waals surface area contributed by atoms with Gasteiger partial charge in [0.05, 0.1) is 0 Å². The molecule has 1 fully saturated rings. The van der Waals surface area contributed by atoms with Crippen LogP contribution in [0.1, 0.15) is 58.6 Å². The Hall–Kier alpha value is -1.26. The summed E-state index contributed by atoms with van der Waals surface area (Å²) in [5.41, 5.74) is 0.854. The molecule has 0 saturated carbocycles. The Morgan fingerprint density at radius 3 is 2.38 bits per heavy atom. The lowest BCUT2D eigenvalue weighted by atomic mass is 9.98.